The van der Waals surface area contributed by atoms with Gasteiger partial charge in [0.05, 0.1) is 14.2 Å². The van der Waals surface area contributed by atoms with Crippen molar-refractivity contribution < 1.29 is 9.47 Å². The molecule has 0 fully saturated rings. The highest BCUT2D eigenvalue weighted by Crippen LogP contribution is 2.29. The van der Waals surface area contributed by atoms with E-state index in [9.17, 15) is 0 Å². The van der Waals surface area contributed by atoms with E-state index in [2.05, 4.69) is 20.3 Å². The molecule has 0 spiro atoms. The Morgan fingerprint density at radius 1 is 1.09 bits per heavy atom. The number of thioether (sulfide) groups is 1. The van der Waals surface area contributed by atoms with E-state index in [0.717, 1.165) is 45.5 Å². The molecule has 0 atom stereocenters. The Bertz CT molecular complexity index is 798. The van der Waals surface area contributed by atoms with E-state index in [4.69, 9.17) is 9.47 Å². The Hall–Kier alpha value is -2.35. The average Bonchev–Trinajstić information content (AvgIpc) is 3.03. The summed E-state index contributed by atoms with van der Waals surface area (Å²) in [4.78, 5) is 8.58. The second-order valence-corrected chi connectivity index (χ2v) is 5.73. The van der Waals surface area contributed by atoms with Crippen LogP contribution in [-0.2, 0) is 12.3 Å². The number of aryl methyl sites for hydroxylation is 1. The lowest BCUT2D eigenvalue weighted by Gasteiger charge is -2.08. The van der Waals surface area contributed by atoms with Crippen molar-refractivity contribution in [3.8, 4) is 11.5 Å². The van der Waals surface area contributed by atoms with Crippen LogP contribution in [0.4, 0.5) is 0 Å². The first-order valence-corrected chi connectivity index (χ1v) is 8.12. The molecule has 23 heavy (non-hydrogen) atoms. The van der Waals surface area contributed by atoms with Gasteiger partial charge in [0.2, 0.25) is 0 Å². The number of aromatic nitrogens is 5. The monoisotopic (exact) mass is 331 g/mol. The third-order valence-corrected chi connectivity index (χ3v) is 4.40. The van der Waals surface area contributed by atoms with Gasteiger partial charge in [-0.1, -0.05) is 17.0 Å². The quantitative estimate of drug-likeness (QED) is 0.507. The van der Waals surface area contributed by atoms with E-state index in [-0.39, 0.29) is 0 Å². The largest absolute Gasteiger partial charge is 0.497 e. The fourth-order valence-corrected chi connectivity index (χ4v) is 3.05. The molecule has 0 radical (unpaired) electrons. The number of hydrogen-bond acceptors (Lipinski definition) is 7. The highest BCUT2D eigenvalue weighted by atomic mass is 32.2. The summed E-state index contributed by atoms with van der Waals surface area (Å²) in [7, 11) is 3.28. The minimum Gasteiger partial charge on any atom is -0.497 e. The van der Waals surface area contributed by atoms with Crippen LogP contribution in [0.3, 0.4) is 0 Å². The molecular formula is C15H17N5O2S. The lowest BCUT2D eigenvalue weighted by atomic mass is 10.2. The van der Waals surface area contributed by atoms with Gasteiger partial charge in [0.25, 0.3) is 0 Å². The van der Waals surface area contributed by atoms with Gasteiger partial charge in [-0.05, 0) is 24.6 Å². The summed E-state index contributed by atoms with van der Waals surface area (Å²) in [5, 5.41) is 9.10. The van der Waals surface area contributed by atoms with Crippen LogP contribution in [0.25, 0.3) is 11.2 Å². The van der Waals surface area contributed by atoms with Gasteiger partial charge >= 0.3 is 0 Å². The summed E-state index contributed by atoms with van der Waals surface area (Å²) in [5.41, 5.74) is 2.57. The molecule has 3 rings (SSSR count). The minimum absolute atomic E-state index is 0.721. The second kappa shape index (κ2) is 6.82. The van der Waals surface area contributed by atoms with E-state index in [1.54, 1.807) is 37.0 Å². The predicted octanol–water partition coefficient (Wildman–Crippen LogP) is 2.55. The first-order valence-electron chi connectivity index (χ1n) is 7.14. The fourth-order valence-electron chi connectivity index (χ4n) is 2.19. The third kappa shape index (κ3) is 3.21. The van der Waals surface area contributed by atoms with Crippen LogP contribution in [0.15, 0.2) is 29.6 Å². The van der Waals surface area contributed by atoms with Gasteiger partial charge in [-0.2, -0.15) is 0 Å². The maximum absolute atomic E-state index is 5.30. The van der Waals surface area contributed by atoms with Crippen LogP contribution in [0, 0.1) is 0 Å². The van der Waals surface area contributed by atoms with Crippen LogP contribution in [0.1, 0.15) is 12.5 Å². The molecule has 0 amide bonds. The van der Waals surface area contributed by atoms with Crippen molar-refractivity contribution in [1.82, 2.24) is 25.0 Å². The van der Waals surface area contributed by atoms with Crippen LogP contribution in [0.2, 0.25) is 0 Å². The molecule has 0 aliphatic rings. The van der Waals surface area contributed by atoms with Crippen molar-refractivity contribution in [3.05, 3.63) is 30.1 Å². The molecule has 0 aliphatic carbocycles. The Kier molecular flexibility index (Phi) is 4.61. The highest BCUT2D eigenvalue weighted by molar-refractivity contribution is 7.98. The molecule has 3 aromatic rings. The lowest BCUT2D eigenvalue weighted by molar-refractivity contribution is 0.393. The summed E-state index contributed by atoms with van der Waals surface area (Å²) in [5.74, 6) is 2.26. The Balaban J connectivity index is 1.85. The predicted molar refractivity (Wildman–Crippen MR) is 87.9 cm³/mol. The molecule has 0 bridgehead atoms. The zero-order valence-corrected chi connectivity index (χ0v) is 14.0. The topological polar surface area (TPSA) is 75.0 Å². The van der Waals surface area contributed by atoms with Crippen molar-refractivity contribution in [2.75, 3.05) is 14.2 Å². The Labute approximate surface area is 138 Å². The summed E-state index contributed by atoms with van der Waals surface area (Å²) < 4.78 is 12.4. The third-order valence-electron chi connectivity index (χ3n) is 3.35. The Morgan fingerprint density at radius 2 is 1.83 bits per heavy atom. The van der Waals surface area contributed by atoms with Gasteiger partial charge < -0.3 is 9.47 Å². The first kappa shape index (κ1) is 15.5. The Morgan fingerprint density at radius 3 is 2.48 bits per heavy atom. The second-order valence-electron chi connectivity index (χ2n) is 4.77. The number of ether oxygens (including phenoxy) is 2. The van der Waals surface area contributed by atoms with Crippen LogP contribution >= 0.6 is 11.8 Å². The summed E-state index contributed by atoms with van der Waals surface area (Å²) >= 11 is 1.59. The highest BCUT2D eigenvalue weighted by Gasteiger charge is 2.12. The molecule has 2 heterocycles. The number of nitrogens with zero attached hydrogens (tertiary/aromatic N) is 5. The maximum atomic E-state index is 5.30. The number of methoxy groups -OCH3 is 2. The van der Waals surface area contributed by atoms with E-state index < -0.39 is 0 Å². The molecule has 2 aromatic heterocycles. The van der Waals surface area contributed by atoms with Gasteiger partial charge in [0, 0.05) is 18.4 Å². The zero-order chi connectivity index (χ0) is 16.2. The van der Waals surface area contributed by atoms with Gasteiger partial charge in [-0.15, -0.1) is 5.10 Å². The first-order chi connectivity index (χ1) is 11.2. The van der Waals surface area contributed by atoms with Crippen molar-refractivity contribution in [2.45, 2.75) is 24.2 Å². The molecule has 120 valence electrons. The maximum Gasteiger partial charge on any atom is 0.182 e. The smallest absolute Gasteiger partial charge is 0.182 e. The van der Waals surface area contributed by atoms with E-state index in [1.165, 1.54) is 0 Å². The number of rotatable bonds is 6. The van der Waals surface area contributed by atoms with Gasteiger partial charge in [-0.3, -0.25) is 0 Å². The molecular weight excluding hydrogens is 314 g/mol. The standard InChI is InChI=1S/C15H17N5O2S/c1-4-20-14-13(18-19-20)15(17-9-16-14)23-8-10-5-11(21-2)7-12(6-10)22-3/h5-7,9H,4,8H2,1-3H3. The molecule has 0 aliphatic heterocycles. The molecule has 1 aromatic carbocycles. The van der Waals surface area contributed by atoms with Crippen molar-refractivity contribution in [2.24, 2.45) is 0 Å². The molecule has 8 heteroatoms. The molecule has 0 saturated heterocycles. The number of hydrogen-bond donors (Lipinski definition) is 0. The van der Waals surface area contributed by atoms with Crippen LogP contribution in [-0.4, -0.2) is 39.2 Å². The normalized spacial score (nSPS) is 10.9. The van der Waals surface area contributed by atoms with Crippen LogP contribution < -0.4 is 9.47 Å². The number of fused-ring (bicyclic) bond motifs is 1. The van der Waals surface area contributed by atoms with Gasteiger partial charge in [0.1, 0.15) is 22.9 Å². The van der Waals surface area contributed by atoms with Gasteiger partial charge in [0.15, 0.2) is 11.2 Å². The average molecular weight is 331 g/mol. The number of benzene rings is 1. The molecule has 7 nitrogen and oxygen atoms in total. The van der Waals surface area contributed by atoms with Crippen molar-refractivity contribution in [3.63, 3.8) is 0 Å². The SMILES string of the molecule is CCn1nnc2c(SCc3cc(OC)cc(OC)c3)ncnc21. The summed E-state index contributed by atoms with van der Waals surface area (Å²) in [6, 6.07) is 5.82. The van der Waals surface area contributed by atoms with Gasteiger partial charge in [-0.25, -0.2) is 14.6 Å². The van der Waals surface area contributed by atoms with E-state index >= 15 is 0 Å². The molecule has 0 unspecified atom stereocenters. The minimum atomic E-state index is 0.721. The van der Waals surface area contributed by atoms with Crippen molar-refractivity contribution in [1.29, 1.82) is 0 Å². The summed E-state index contributed by atoms with van der Waals surface area (Å²) in [6.07, 6.45) is 1.55. The fraction of sp³-hybridized carbons (Fsp3) is 0.333. The van der Waals surface area contributed by atoms with E-state index in [0.29, 0.717) is 0 Å². The molecule has 0 saturated carbocycles. The lowest BCUT2D eigenvalue weighted by Crippen LogP contribution is -1.98. The summed E-state index contributed by atoms with van der Waals surface area (Å²) in [6.45, 7) is 2.73. The van der Waals surface area contributed by atoms with Crippen LogP contribution in [0.5, 0.6) is 11.5 Å². The molecule has 0 N–H and O–H groups in total. The van der Waals surface area contributed by atoms with E-state index in [1.807, 2.05) is 25.1 Å². The van der Waals surface area contributed by atoms with Crippen molar-refractivity contribution >= 4 is 22.9 Å². The zero-order valence-electron chi connectivity index (χ0n) is 13.2.